The number of rotatable bonds is 4. The first-order chi connectivity index (χ1) is 4.86. The lowest BCUT2D eigenvalue weighted by Gasteiger charge is -2.17. The smallest absolute Gasteiger partial charge is 0.323 e. The van der Waals surface area contributed by atoms with Crippen LogP contribution in [0.1, 0.15) is 19.8 Å². The molecule has 0 fully saturated rings. The Morgan fingerprint density at radius 3 is 2.45 bits per heavy atom. The zero-order chi connectivity index (χ0) is 9.07. The van der Waals surface area contributed by atoms with Gasteiger partial charge in [0.15, 0.2) is 0 Å². The van der Waals surface area contributed by atoms with E-state index in [0.29, 0.717) is 0 Å². The van der Waals surface area contributed by atoms with Gasteiger partial charge in [0.05, 0.1) is 0 Å². The number of carboxylic acids is 1. The van der Waals surface area contributed by atoms with Gasteiger partial charge in [0.1, 0.15) is 5.54 Å². The van der Waals surface area contributed by atoms with Gasteiger partial charge < -0.3 is 10.8 Å². The number of halogens is 2. The minimum absolute atomic E-state index is 0.208. The Balaban J connectivity index is 3.83. The third-order valence-corrected chi connectivity index (χ3v) is 1.37. The molecule has 66 valence electrons. The van der Waals surface area contributed by atoms with Crippen LogP contribution in [0.5, 0.6) is 0 Å². The Hall–Kier alpha value is -0.710. The van der Waals surface area contributed by atoms with E-state index in [2.05, 4.69) is 0 Å². The fraction of sp³-hybridized carbons (Fsp3) is 0.833. The molecule has 0 bridgehead atoms. The second-order valence-electron chi connectivity index (χ2n) is 2.65. The molecule has 3 nitrogen and oxygen atoms in total. The molecule has 11 heavy (non-hydrogen) atoms. The molecule has 0 aromatic heterocycles. The normalized spacial score (nSPS) is 16.5. The number of carboxylic acid groups (broad SMARTS) is 1. The molecule has 0 saturated heterocycles. The Morgan fingerprint density at radius 2 is 2.18 bits per heavy atom. The van der Waals surface area contributed by atoms with Crippen molar-refractivity contribution in [1.29, 1.82) is 0 Å². The zero-order valence-corrected chi connectivity index (χ0v) is 6.18. The highest BCUT2D eigenvalue weighted by molar-refractivity contribution is 5.77. The predicted octanol–water partition coefficient (Wildman–Crippen LogP) is 0.834. The maximum Gasteiger partial charge on any atom is 0.323 e. The summed E-state index contributed by atoms with van der Waals surface area (Å²) >= 11 is 0. The predicted molar refractivity (Wildman–Crippen MR) is 35.5 cm³/mol. The highest BCUT2D eigenvalue weighted by Crippen LogP contribution is 2.13. The van der Waals surface area contributed by atoms with Crippen molar-refractivity contribution in [1.82, 2.24) is 0 Å². The quantitative estimate of drug-likeness (QED) is 0.651. The zero-order valence-electron chi connectivity index (χ0n) is 6.18. The van der Waals surface area contributed by atoms with Gasteiger partial charge in [-0.15, -0.1) is 0 Å². The summed E-state index contributed by atoms with van der Waals surface area (Å²) in [6.07, 6.45) is -3.17. The molecule has 1 atom stereocenters. The van der Waals surface area contributed by atoms with Gasteiger partial charge in [-0.05, 0) is 13.3 Å². The number of nitrogens with two attached hydrogens (primary N) is 1. The molecule has 1 unspecified atom stereocenters. The maximum absolute atomic E-state index is 11.6. The van der Waals surface area contributed by atoms with E-state index in [1.54, 1.807) is 0 Å². The van der Waals surface area contributed by atoms with Crippen molar-refractivity contribution in [2.45, 2.75) is 31.7 Å². The van der Waals surface area contributed by atoms with Crippen LogP contribution in [-0.4, -0.2) is 23.0 Å². The lowest BCUT2D eigenvalue weighted by molar-refractivity contribution is -0.143. The summed E-state index contributed by atoms with van der Waals surface area (Å²) in [4.78, 5) is 10.3. The molecule has 0 aromatic rings. The minimum atomic E-state index is -2.49. The standard InChI is InChI=1S/C6H11F2NO2/c1-6(9,5(10)11)3-2-4(7)8/h4H,2-3,9H2,1H3,(H,10,11). The molecular formula is C6H11F2NO2. The van der Waals surface area contributed by atoms with Gasteiger partial charge in [-0.25, -0.2) is 8.78 Å². The van der Waals surface area contributed by atoms with Crippen molar-refractivity contribution in [3.63, 3.8) is 0 Å². The Kier molecular flexibility index (Phi) is 3.38. The van der Waals surface area contributed by atoms with Gasteiger partial charge in [0.2, 0.25) is 6.43 Å². The summed E-state index contributed by atoms with van der Waals surface area (Å²) < 4.78 is 23.2. The fourth-order valence-electron chi connectivity index (χ4n) is 0.516. The highest BCUT2D eigenvalue weighted by atomic mass is 19.3. The Labute approximate surface area is 63.2 Å². The third-order valence-electron chi connectivity index (χ3n) is 1.37. The lowest BCUT2D eigenvalue weighted by atomic mass is 9.98. The van der Waals surface area contributed by atoms with E-state index in [1.807, 2.05) is 0 Å². The van der Waals surface area contributed by atoms with Crippen molar-refractivity contribution in [3.05, 3.63) is 0 Å². The highest BCUT2D eigenvalue weighted by Gasteiger charge is 2.28. The molecule has 0 aromatic carbocycles. The number of alkyl halides is 2. The van der Waals surface area contributed by atoms with E-state index >= 15 is 0 Å². The van der Waals surface area contributed by atoms with E-state index in [0.717, 1.165) is 0 Å². The second-order valence-corrected chi connectivity index (χ2v) is 2.65. The fourth-order valence-corrected chi connectivity index (χ4v) is 0.516. The molecule has 3 N–H and O–H groups in total. The molecule has 0 spiro atoms. The molecule has 5 heteroatoms. The molecule has 0 saturated carbocycles. The van der Waals surface area contributed by atoms with Crippen LogP contribution in [0.15, 0.2) is 0 Å². The number of aliphatic carboxylic acids is 1. The van der Waals surface area contributed by atoms with E-state index in [4.69, 9.17) is 10.8 Å². The summed E-state index contributed by atoms with van der Waals surface area (Å²) in [5.74, 6) is -1.25. The van der Waals surface area contributed by atoms with Gasteiger partial charge in [-0.1, -0.05) is 0 Å². The van der Waals surface area contributed by atoms with Gasteiger partial charge in [0.25, 0.3) is 0 Å². The summed E-state index contributed by atoms with van der Waals surface area (Å²) in [5.41, 5.74) is 3.64. The average Bonchev–Trinajstić information content (AvgIpc) is 1.84. The third kappa shape index (κ3) is 3.87. The van der Waals surface area contributed by atoms with Crippen molar-refractivity contribution in [2.24, 2.45) is 5.73 Å². The van der Waals surface area contributed by atoms with Crippen LogP contribution >= 0.6 is 0 Å². The Morgan fingerprint density at radius 1 is 1.73 bits per heavy atom. The van der Waals surface area contributed by atoms with Crippen LogP contribution < -0.4 is 5.73 Å². The minimum Gasteiger partial charge on any atom is -0.480 e. The maximum atomic E-state index is 11.6. The van der Waals surface area contributed by atoms with Gasteiger partial charge in [0, 0.05) is 6.42 Å². The van der Waals surface area contributed by atoms with E-state index < -0.39 is 24.4 Å². The summed E-state index contributed by atoms with van der Waals surface area (Å²) in [7, 11) is 0. The molecule has 0 heterocycles. The number of hydrogen-bond donors (Lipinski definition) is 2. The molecule has 0 amide bonds. The molecule has 0 rings (SSSR count). The van der Waals surface area contributed by atoms with E-state index in [9.17, 15) is 13.6 Å². The van der Waals surface area contributed by atoms with Crippen LogP contribution in [0.2, 0.25) is 0 Å². The van der Waals surface area contributed by atoms with Crippen molar-refractivity contribution in [2.75, 3.05) is 0 Å². The van der Waals surface area contributed by atoms with Crippen molar-refractivity contribution in [3.8, 4) is 0 Å². The van der Waals surface area contributed by atoms with Crippen LogP contribution in [0.25, 0.3) is 0 Å². The summed E-state index contributed by atoms with van der Waals surface area (Å²) in [6, 6.07) is 0. The lowest BCUT2D eigenvalue weighted by Crippen LogP contribution is -2.45. The SMILES string of the molecule is CC(N)(CCC(F)F)C(=O)O. The van der Waals surface area contributed by atoms with Crippen molar-refractivity contribution < 1.29 is 18.7 Å². The second kappa shape index (κ2) is 3.61. The molecule has 0 radical (unpaired) electrons. The van der Waals surface area contributed by atoms with Gasteiger partial charge in [-0.3, -0.25) is 4.79 Å². The average molecular weight is 167 g/mol. The van der Waals surface area contributed by atoms with Crippen LogP contribution in [0.3, 0.4) is 0 Å². The monoisotopic (exact) mass is 167 g/mol. The van der Waals surface area contributed by atoms with Crippen LogP contribution in [-0.2, 0) is 4.79 Å². The van der Waals surface area contributed by atoms with E-state index in [-0.39, 0.29) is 6.42 Å². The Bertz CT molecular complexity index is 148. The molecule has 0 aliphatic rings. The first kappa shape index (κ1) is 10.3. The first-order valence-electron chi connectivity index (χ1n) is 3.16. The van der Waals surface area contributed by atoms with Gasteiger partial charge in [-0.2, -0.15) is 0 Å². The van der Waals surface area contributed by atoms with Crippen molar-refractivity contribution >= 4 is 5.97 Å². The van der Waals surface area contributed by atoms with Gasteiger partial charge >= 0.3 is 5.97 Å². The van der Waals surface area contributed by atoms with Crippen LogP contribution in [0.4, 0.5) is 8.78 Å². The molecule has 0 aliphatic heterocycles. The van der Waals surface area contributed by atoms with Crippen LogP contribution in [0, 0.1) is 0 Å². The molecule has 0 aliphatic carbocycles. The largest absolute Gasteiger partial charge is 0.480 e. The first-order valence-corrected chi connectivity index (χ1v) is 3.16. The molecular weight excluding hydrogens is 156 g/mol. The summed E-state index contributed by atoms with van der Waals surface area (Å²) in [5, 5.41) is 8.38. The van der Waals surface area contributed by atoms with E-state index in [1.165, 1.54) is 6.92 Å². The summed E-state index contributed by atoms with van der Waals surface area (Å²) in [6.45, 7) is 1.22. The number of carbonyl (C=O) groups is 1. The topological polar surface area (TPSA) is 63.3 Å². The number of hydrogen-bond acceptors (Lipinski definition) is 2.